The van der Waals surface area contributed by atoms with Gasteiger partial charge in [0.05, 0.1) is 18.9 Å². The van der Waals surface area contributed by atoms with Crippen molar-refractivity contribution in [3.05, 3.63) is 35.3 Å². The van der Waals surface area contributed by atoms with E-state index in [0.717, 1.165) is 15.7 Å². The third-order valence-corrected chi connectivity index (χ3v) is 4.99. The van der Waals surface area contributed by atoms with Crippen LogP contribution in [0.25, 0.3) is 0 Å². The Hall–Kier alpha value is -1.60. The number of carbonyl (C=O) groups is 1. The molecule has 1 heterocycles. The topological polar surface area (TPSA) is 64.1 Å². The standard InChI is InChI=1S/C15H19N3O2S2/c1-10(2)14(11-4-6-12(20-3)7-5-11)17-13(19)8-21-15-18-16-9-22-15/h4-7,9-10,14H,8H2,1-3H3,(H,17,19)/t14-/m0/s1. The maximum absolute atomic E-state index is 12.1. The van der Waals surface area contributed by atoms with Gasteiger partial charge in [-0.3, -0.25) is 4.79 Å². The molecule has 2 aromatic rings. The molecular formula is C15H19N3O2S2. The zero-order valence-electron chi connectivity index (χ0n) is 12.8. The van der Waals surface area contributed by atoms with E-state index in [1.807, 2.05) is 24.3 Å². The molecule has 0 unspecified atom stereocenters. The highest BCUT2D eigenvalue weighted by Crippen LogP contribution is 2.25. The number of thioether (sulfide) groups is 1. The number of nitrogens with zero attached hydrogens (tertiary/aromatic N) is 2. The van der Waals surface area contributed by atoms with Crippen LogP contribution in [0.3, 0.4) is 0 Å². The molecule has 1 aromatic carbocycles. The first-order valence-corrected chi connectivity index (χ1v) is 8.79. The Morgan fingerprint density at radius 3 is 2.64 bits per heavy atom. The molecule has 1 aromatic heterocycles. The third-order valence-electron chi connectivity index (χ3n) is 3.12. The number of hydrogen-bond acceptors (Lipinski definition) is 6. The number of carbonyl (C=O) groups excluding carboxylic acids is 1. The smallest absolute Gasteiger partial charge is 0.230 e. The van der Waals surface area contributed by atoms with Gasteiger partial charge >= 0.3 is 0 Å². The summed E-state index contributed by atoms with van der Waals surface area (Å²) in [4.78, 5) is 12.1. The van der Waals surface area contributed by atoms with Crippen molar-refractivity contribution in [2.45, 2.75) is 24.2 Å². The van der Waals surface area contributed by atoms with Crippen LogP contribution in [-0.4, -0.2) is 29.0 Å². The molecule has 1 N–H and O–H groups in total. The normalized spacial score (nSPS) is 12.2. The van der Waals surface area contributed by atoms with E-state index in [1.165, 1.54) is 23.1 Å². The van der Waals surface area contributed by atoms with E-state index in [0.29, 0.717) is 11.7 Å². The summed E-state index contributed by atoms with van der Waals surface area (Å²) in [7, 11) is 1.64. The van der Waals surface area contributed by atoms with E-state index >= 15 is 0 Å². The molecule has 0 saturated carbocycles. The number of rotatable bonds is 7. The summed E-state index contributed by atoms with van der Waals surface area (Å²) in [5.74, 6) is 1.44. The van der Waals surface area contributed by atoms with Crippen molar-refractivity contribution in [3.63, 3.8) is 0 Å². The second-order valence-corrected chi connectivity index (χ2v) is 7.11. The average molecular weight is 337 g/mol. The molecule has 0 fully saturated rings. The minimum atomic E-state index is -0.0200. The summed E-state index contributed by atoms with van der Waals surface area (Å²) in [6.07, 6.45) is 0. The molecule has 7 heteroatoms. The van der Waals surface area contributed by atoms with Gasteiger partial charge in [0.15, 0.2) is 4.34 Å². The van der Waals surface area contributed by atoms with Gasteiger partial charge in [-0.25, -0.2) is 0 Å². The van der Waals surface area contributed by atoms with Crippen molar-refractivity contribution in [1.82, 2.24) is 15.5 Å². The lowest BCUT2D eigenvalue weighted by Crippen LogP contribution is -2.32. The quantitative estimate of drug-likeness (QED) is 0.786. The van der Waals surface area contributed by atoms with Gasteiger partial charge in [-0.05, 0) is 23.6 Å². The van der Waals surface area contributed by atoms with Crippen LogP contribution in [-0.2, 0) is 4.79 Å². The van der Waals surface area contributed by atoms with Gasteiger partial charge in [0.2, 0.25) is 5.91 Å². The van der Waals surface area contributed by atoms with E-state index in [9.17, 15) is 4.79 Å². The average Bonchev–Trinajstić information content (AvgIpc) is 3.04. The van der Waals surface area contributed by atoms with Crippen molar-refractivity contribution in [2.24, 2.45) is 5.92 Å². The first-order valence-electron chi connectivity index (χ1n) is 6.92. The Bertz CT molecular complexity index is 585. The number of aromatic nitrogens is 2. The van der Waals surface area contributed by atoms with Gasteiger partial charge in [-0.2, -0.15) is 0 Å². The predicted molar refractivity (Wildman–Crippen MR) is 89.3 cm³/mol. The van der Waals surface area contributed by atoms with Gasteiger partial charge in [0, 0.05) is 0 Å². The fourth-order valence-corrected chi connectivity index (χ4v) is 3.31. The fourth-order valence-electron chi connectivity index (χ4n) is 2.01. The van der Waals surface area contributed by atoms with Crippen molar-refractivity contribution in [3.8, 4) is 5.75 Å². The molecule has 5 nitrogen and oxygen atoms in total. The van der Waals surface area contributed by atoms with E-state index in [-0.39, 0.29) is 11.9 Å². The van der Waals surface area contributed by atoms with E-state index in [4.69, 9.17) is 4.74 Å². The van der Waals surface area contributed by atoms with E-state index < -0.39 is 0 Å². The number of nitrogens with one attached hydrogen (secondary N) is 1. The highest BCUT2D eigenvalue weighted by molar-refractivity contribution is 8.01. The molecule has 1 amide bonds. The van der Waals surface area contributed by atoms with Crippen molar-refractivity contribution < 1.29 is 9.53 Å². The highest BCUT2D eigenvalue weighted by atomic mass is 32.2. The molecule has 0 aliphatic carbocycles. The summed E-state index contributed by atoms with van der Waals surface area (Å²) in [6.45, 7) is 4.18. The van der Waals surface area contributed by atoms with Crippen molar-refractivity contribution >= 4 is 29.0 Å². The van der Waals surface area contributed by atoms with E-state index in [1.54, 1.807) is 12.6 Å². The van der Waals surface area contributed by atoms with E-state index in [2.05, 4.69) is 29.4 Å². The SMILES string of the molecule is COc1ccc([C@@H](NC(=O)CSc2nncs2)C(C)C)cc1. The molecule has 0 aliphatic rings. The Morgan fingerprint density at radius 2 is 2.09 bits per heavy atom. The van der Waals surface area contributed by atoms with Crippen LogP contribution in [0.2, 0.25) is 0 Å². The van der Waals surface area contributed by atoms with Crippen LogP contribution in [0, 0.1) is 5.92 Å². The van der Waals surface area contributed by atoms with Crippen molar-refractivity contribution in [2.75, 3.05) is 12.9 Å². The predicted octanol–water partition coefficient (Wildman–Crippen LogP) is 3.15. The van der Waals surface area contributed by atoms with Crippen LogP contribution in [0.15, 0.2) is 34.1 Å². The summed E-state index contributed by atoms with van der Waals surface area (Å²) >= 11 is 2.84. The number of methoxy groups -OCH3 is 1. The fraction of sp³-hybridized carbons (Fsp3) is 0.400. The highest BCUT2D eigenvalue weighted by Gasteiger charge is 2.18. The molecule has 0 aliphatic heterocycles. The molecule has 0 radical (unpaired) electrons. The Kier molecular flexibility index (Phi) is 6.21. The lowest BCUT2D eigenvalue weighted by Gasteiger charge is -2.23. The Morgan fingerprint density at radius 1 is 1.36 bits per heavy atom. The van der Waals surface area contributed by atoms with Crippen LogP contribution in [0.1, 0.15) is 25.5 Å². The number of benzene rings is 1. The van der Waals surface area contributed by atoms with Crippen LogP contribution in [0.4, 0.5) is 0 Å². The zero-order valence-corrected chi connectivity index (χ0v) is 14.4. The minimum absolute atomic E-state index is 0.00489. The van der Waals surface area contributed by atoms with Gasteiger partial charge < -0.3 is 10.1 Å². The summed E-state index contributed by atoms with van der Waals surface area (Å²) in [6, 6.07) is 7.77. The third kappa shape index (κ3) is 4.71. The molecular weight excluding hydrogens is 318 g/mol. The molecule has 118 valence electrons. The molecule has 22 heavy (non-hydrogen) atoms. The maximum Gasteiger partial charge on any atom is 0.230 e. The maximum atomic E-state index is 12.1. The van der Waals surface area contributed by atoms with Gasteiger partial charge in [0.25, 0.3) is 0 Å². The molecule has 0 spiro atoms. The van der Waals surface area contributed by atoms with Crippen molar-refractivity contribution in [1.29, 1.82) is 0 Å². The molecule has 1 atom stereocenters. The number of amides is 1. The lowest BCUT2D eigenvalue weighted by atomic mass is 9.96. The van der Waals surface area contributed by atoms with Gasteiger partial charge in [-0.15, -0.1) is 10.2 Å². The van der Waals surface area contributed by atoms with Crippen LogP contribution >= 0.6 is 23.1 Å². The van der Waals surface area contributed by atoms with Gasteiger partial charge in [-0.1, -0.05) is 49.1 Å². The zero-order chi connectivity index (χ0) is 15.9. The Balaban J connectivity index is 1.96. The largest absolute Gasteiger partial charge is 0.497 e. The first-order chi connectivity index (χ1) is 10.6. The lowest BCUT2D eigenvalue weighted by molar-refractivity contribution is -0.119. The second-order valence-electron chi connectivity index (χ2n) is 5.06. The summed E-state index contributed by atoms with van der Waals surface area (Å²) < 4.78 is 5.97. The summed E-state index contributed by atoms with van der Waals surface area (Å²) in [5, 5.41) is 10.8. The number of hydrogen-bond donors (Lipinski definition) is 1. The summed E-state index contributed by atoms with van der Waals surface area (Å²) in [5.41, 5.74) is 2.74. The van der Waals surface area contributed by atoms with Gasteiger partial charge in [0.1, 0.15) is 11.3 Å². The minimum Gasteiger partial charge on any atom is -0.497 e. The second kappa shape index (κ2) is 8.14. The monoisotopic (exact) mass is 337 g/mol. The first kappa shape index (κ1) is 16.8. The Labute approximate surface area is 138 Å². The number of ether oxygens (including phenoxy) is 1. The molecule has 0 saturated heterocycles. The van der Waals surface area contributed by atoms with Crippen LogP contribution in [0.5, 0.6) is 5.75 Å². The van der Waals surface area contributed by atoms with Crippen LogP contribution < -0.4 is 10.1 Å². The molecule has 2 rings (SSSR count). The molecule has 0 bridgehead atoms.